The van der Waals surface area contributed by atoms with Gasteiger partial charge >= 0.3 is 5.97 Å². The Labute approximate surface area is 801 Å². The molecule has 61 heteroatoms. The topological polar surface area (TPSA) is 989 Å². The number of nitrogens with one attached hydrogen (secondary N) is 5. The lowest BCUT2D eigenvalue weighted by atomic mass is 9.77. The zero-order valence-corrected chi connectivity index (χ0v) is 77.6. The minimum Gasteiger partial charge on any atom is -0.396 e. The van der Waals surface area contributed by atoms with Gasteiger partial charge in [0.2, 0.25) is 11.8 Å². The molecule has 800 valence electrons. The van der Waals surface area contributed by atoms with Gasteiger partial charge in [-0.25, -0.2) is 4.79 Å². The Morgan fingerprint density at radius 2 is 0.786 bits per heavy atom. The van der Waals surface area contributed by atoms with Crippen LogP contribution in [0.15, 0.2) is 27.5 Å². The molecule has 4 saturated carbocycles. The molecule has 0 aromatic carbocycles. The van der Waals surface area contributed by atoms with Crippen LogP contribution in [0.1, 0.15) is 25.7 Å². The molecule has 7 aliphatic heterocycles. The van der Waals surface area contributed by atoms with Crippen molar-refractivity contribution in [2.75, 3.05) is 128 Å². The maximum absolute atomic E-state index is 12.2. The number of fused-ring (bicyclic) bond motifs is 5. The molecule has 49 atom stereocenters. The number of amides is 4. The van der Waals surface area contributed by atoms with Crippen molar-refractivity contribution in [1.29, 1.82) is 0 Å². The fraction of sp³-hybridized carbons (Fsp3) is 0.911. The van der Waals surface area contributed by atoms with Gasteiger partial charge in [-0.15, -0.1) is 5.06 Å². The number of rotatable bonds is 37. The predicted molar refractivity (Wildman–Crippen MR) is 466 cm³/mol. The molecule has 61 nitrogen and oxygen atoms in total. The maximum atomic E-state index is 12.2. The van der Waals surface area contributed by atoms with E-state index in [0.717, 1.165) is 6.42 Å². The van der Waals surface area contributed by atoms with Gasteiger partial charge in [-0.3, -0.25) is 19.2 Å². The predicted octanol–water partition coefficient (Wildman–Crippen LogP) is -16.6. The molecule has 5 aliphatic carbocycles. The number of likely N-dealkylation sites (N-methyl/N-ethyl adjacent to an activating group) is 3. The van der Waals surface area contributed by atoms with Crippen LogP contribution in [0.3, 0.4) is 0 Å². The number of hydroxylamine groups is 2. The normalized spacial score (nSPS) is 44.2. The summed E-state index contributed by atoms with van der Waals surface area (Å²) in [5.41, 5.74) is 66.5. The van der Waals surface area contributed by atoms with E-state index in [4.69, 9.17) is 133 Å². The van der Waals surface area contributed by atoms with Crippen LogP contribution in [0, 0.1) is 47.3 Å². The smallest absolute Gasteiger partial charge is 0.339 e. The van der Waals surface area contributed by atoms with Crippen LogP contribution in [0.2, 0.25) is 0 Å². The molecular weight excluding hydrogens is 1880 g/mol. The number of carbonyl (C=O) groups excluding carboxylic acids is 5. The lowest BCUT2D eigenvalue weighted by molar-refractivity contribution is -0.332. The van der Waals surface area contributed by atoms with Crippen molar-refractivity contribution in [1.82, 2.24) is 31.6 Å². The van der Waals surface area contributed by atoms with Gasteiger partial charge in [0.25, 0.3) is 11.8 Å². The Bertz CT molecular complexity index is 3980. The molecule has 0 radical (unpaired) electrons. The van der Waals surface area contributed by atoms with E-state index in [1.165, 1.54) is 7.11 Å². The van der Waals surface area contributed by atoms with E-state index in [1.807, 2.05) is 12.2 Å². The van der Waals surface area contributed by atoms with E-state index in [9.17, 15) is 116 Å². The van der Waals surface area contributed by atoms with Gasteiger partial charge in [0.15, 0.2) is 37.7 Å². The van der Waals surface area contributed by atoms with Crippen LogP contribution in [0.5, 0.6) is 0 Å². The van der Waals surface area contributed by atoms with Crippen LogP contribution in [-0.2, 0) is 99.9 Å². The number of methoxy groups -OCH3 is 3. The average Bonchev–Trinajstić information content (AvgIpc) is 1.57. The Hall–Kier alpha value is -6.50. The molecule has 140 heavy (non-hydrogen) atoms. The molecule has 7 heterocycles. The van der Waals surface area contributed by atoms with E-state index in [0.29, 0.717) is 11.5 Å². The van der Waals surface area contributed by atoms with Crippen LogP contribution >= 0.6 is 0 Å². The Morgan fingerprint density at radius 3 is 1.18 bits per heavy atom. The second kappa shape index (κ2) is 54.8. The summed E-state index contributed by atoms with van der Waals surface area (Å²) < 4.78 is 87.6. The molecule has 11 fully saturated rings. The molecule has 0 spiro atoms. The summed E-state index contributed by atoms with van der Waals surface area (Å²) in [6, 6.07) is -6.86. The standard InChI is InChI=1S/C30H57N7O12.C20H37N7O12.C18H36N4O11.C11H10N4O4/c1-32-19-7-20(33-2)26(18(13-41)25(19)48-29-17(12-40)24(34-3)28(45-6)22(47-29)14-43-4)49-30-27(44-5)16(11-39)15(10-38)21(46-30)8-35-23(42)9-36-37-31;21-5-1-6(22)18(16(35)17(5)38-19-13(32)10(23)11(30)8(4-28)37-19)39-20-15(34)14(33)12(31)7(36-20)2-25-9(29)3-26-27-24;19-2-6-10(25)12(27)13(28)18(30-6)33-16-5(21)1-4(20)15(14(16)29)32-17-11(26)8(22)9(24)7(3-23)31-17;12-14-13-4-7(16)19-15-10(17)8-5-1-2-6(3-5)9(8)11(15)18/h15-22,24-30,32-34,38-41H,7-14H2,1-6H3,(H,35,42);5-8,10-20,28,30-35H,1-4,21-23H2,(H,25,29);4-18,23-29H,1-3,19-22H2;1-2,5-6,8-9H,3-4H2/t15-,16?,17?,18?,19+,20?,21?,22?,24-,25-,26-,27-,28+,29+,30+;5-,6?,7?,8?,10-,11-,12-,13?,14?,15+,16?,17-,18-,19-,20-;4-,5?,6?,7?,8-,9-,10-,11?,12?,13+,14?,15-,16-,17-,18-;/m011./s1. The van der Waals surface area contributed by atoms with Crippen molar-refractivity contribution in [3.05, 3.63) is 43.5 Å². The largest absolute Gasteiger partial charge is 0.396 e. The van der Waals surface area contributed by atoms with Crippen LogP contribution in [-0.4, -0.2) is 505 Å². The van der Waals surface area contributed by atoms with Crippen molar-refractivity contribution >= 4 is 29.6 Å². The summed E-state index contributed by atoms with van der Waals surface area (Å²) in [5.74, 6) is -6.24. The first kappa shape index (κ1) is 117. The Morgan fingerprint density at radius 1 is 0.407 bits per heavy atom. The second-order valence-electron chi connectivity index (χ2n) is 35.9. The number of hydrogen-bond donors (Lipinski definition) is 30. The molecular formula is C79H140N22O39. The Balaban J connectivity index is 0.000000217. The van der Waals surface area contributed by atoms with Gasteiger partial charge in [-0.2, -0.15) is 0 Å². The monoisotopic (exact) mass is 2020 g/mol. The molecule has 12 rings (SSSR count). The summed E-state index contributed by atoms with van der Waals surface area (Å²) in [6.45, 7) is -4.42. The lowest BCUT2D eigenvalue weighted by Gasteiger charge is -2.52. The molecule has 37 N–H and O–H groups in total. The van der Waals surface area contributed by atoms with Crippen molar-refractivity contribution in [2.24, 2.45) is 103 Å². The van der Waals surface area contributed by atoms with Gasteiger partial charge in [0, 0.05) is 129 Å². The zero-order chi connectivity index (χ0) is 103. The highest BCUT2D eigenvalue weighted by molar-refractivity contribution is 6.06. The molecule has 2 bridgehead atoms. The number of allylic oxidation sites excluding steroid dienone is 2. The zero-order valence-electron chi connectivity index (χ0n) is 77.6. The number of azide groups is 3. The minimum absolute atomic E-state index is 0.0141. The van der Waals surface area contributed by atoms with Gasteiger partial charge in [0.1, 0.15) is 160 Å². The highest BCUT2D eigenvalue weighted by atomic mass is 16.8. The minimum atomic E-state index is -1.79. The number of aliphatic hydroxyl groups is 18. The summed E-state index contributed by atoms with van der Waals surface area (Å²) in [7, 11) is 9.93. The maximum Gasteiger partial charge on any atom is 0.339 e. The molecule has 22 unspecified atom stereocenters. The molecule has 4 amide bonds. The number of nitrogens with two attached hydrogens (primary N) is 7. The lowest BCUT2D eigenvalue weighted by Crippen LogP contribution is -2.68. The Kier molecular flexibility index (Phi) is 45.8. The van der Waals surface area contributed by atoms with Crippen LogP contribution < -0.4 is 66.7 Å². The van der Waals surface area contributed by atoms with E-state index < -0.39 is 331 Å². The molecule has 0 aromatic rings. The van der Waals surface area contributed by atoms with Gasteiger partial charge in [0.05, 0.1) is 81.2 Å². The molecule has 7 saturated heterocycles. The number of hydrogen-bond acceptors (Lipinski definition) is 52. The summed E-state index contributed by atoms with van der Waals surface area (Å²) in [5, 5.41) is 210. The van der Waals surface area contributed by atoms with Gasteiger partial charge in [-0.1, -0.05) is 27.5 Å². The van der Waals surface area contributed by atoms with Crippen molar-refractivity contribution in [2.45, 2.75) is 277 Å². The van der Waals surface area contributed by atoms with Crippen molar-refractivity contribution < 1.29 is 192 Å². The third-order valence-electron chi connectivity index (χ3n) is 27.6. The SMILES string of the molecule is CNC1C[C@@H](NC)[C@@H](O[C@H]2OC(COC)[C@@H](OC)[C@@H](NC)C2CO)C(CO)[C@@H]1O[C@H]1OC(CNC(=O)CN=[N+]=[N-])[C@@H](CO)C(CO)[C@@H]1OC.NCC1O[C@H](O[C@@H]2C(N)C[C@@H](N)[C@@H](O[C@H]3OC(CO)[C@@H](O)[C@@H](N)C3O)C2O)[C@@H](O)C(O)[C@@H]1O.[N-]=[N+]=NCC(=O)NCC1O[C@H](O[C@@H]2C(N)C[C@@H](N)[C@@H](O[C@H]3OC(CO)[C@@H](O)[C@@H](N)C3O)C2O)[C@@H](O)C(O)[C@@H]1O.[N-]=[N+]=NCC(=O)ON1C(=O)C2C3C=CC(C3)C2C1=O. The van der Waals surface area contributed by atoms with E-state index in [2.05, 4.69) is 56.7 Å². The number of imide groups is 1. The first-order valence-electron chi connectivity index (χ1n) is 45.6. The number of aliphatic hydroxyl groups excluding tert-OH is 18. The van der Waals surface area contributed by atoms with Gasteiger partial charge < -0.3 is 235 Å². The van der Waals surface area contributed by atoms with Crippen molar-refractivity contribution in [3.63, 3.8) is 0 Å². The fourth-order valence-electron chi connectivity index (χ4n) is 20.0. The highest BCUT2D eigenvalue weighted by Gasteiger charge is 2.63. The molecule has 0 aromatic heterocycles. The van der Waals surface area contributed by atoms with E-state index in [-0.39, 0.29) is 95.5 Å². The fourth-order valence-corrected chi connectivity index (χ4v) is 20.0. The summed E-state index contributed by atoms with van der Waals surface area (Å²) in [4.78, 5) is 71.6. The van der Waals surface area contributed by atoms with Gasteiger partial charge in [-0.05, 0) is 75.3 Å². The quantitative estimate of drug-likeness (QED) is 0.00903. The third kappa shape index (κ3) is 27.1. The van der Waals surface area contributed by atoms with Crippen molar-refractivity contribution in [3.8, 4) is 0 Å². The third-order valence-corrected chi connectivity index (χ3v) is 27.6. The van der Waals surface area contributed by atoms with E-state index >= 15 is 0 Å². The first-order valence-corrected chi connectivity index (χ1v) is 45.6. The summed E-state index contributed by atoms with van der Waals surface area (Å²) in [6.07, 6.45) is -35.1. The summed E-state index contributed by atoms with van der Waals surface area (Å²) >= 11 is 0. The highest BCUT2D eigenvalue weighted by Crippen LogP contribution is 2.53. The van der Waals surface area contributed by atoms with Crippen LogP contribution in [0.4, 0.5) is 0 Å². The van der Waals surface area contributed by atoms with Crippen LogP contribution in [0.25, 0.3) is 31.3 Å². The van der Waals surface area contributed by atoms with E-state index in [1.54, 1.807) is 35.4 Å². The second-order valence-corrected chi connectivity index (χ2v) is 35.9. The number of carbonyl (C=O) groups is 5. The molecule has 12 aliphatic rings. The number of nitrogens with zero attached hydrogens (tertiary/aromatic N) is 10. The average molecular weight is 2020 g/mol. The first-order chi connectivity index (χ1) is 66.8. The number of ether oxygens (including phenoxy) is 15.